The maximum atomic E-state index is 3.69. The van der Waals surface area contributed by atoms with Crippen molar-refractivity contribution in [3.05, 3.63) is 48.0 Å². The third kappa shape index (κ3) is 6.94. The molecule has 1 rings (SSSR count). The van der Waals surface area contributed by atoms with Crippen LogP contribution in [0.2, 0.25) is 0 Å². The largest absolute Gasteiger partial charge is 0.312 e. The fourth-order valence-electron chi connectivity index (χ4n) is 1.37. The van der Waals surface area contributed by atoms with Gasteiger partial charge in [-0.3, -0.25) is 0 Å². The molecular weight excluding hydrogens is 238 g/mol. The molecule has 0 spiro atoms. The van der Waals surface area contributed by atoms with Crippen LogP contribution in [0.4, 0.5) is 0 Å². The molecule has 0 radical (unpaired) electrons. The van der Waals surface area contributed by atoms with E-state index in [0.717, 1.165) is 24.6 Å². The van der Waals surface area contributed by atoms with Gasteiger partial charge < -0.3 is 5.32 Å². The normalized spacial score (nSPS) is 9.56. The summed E-state index contributed by atoms with van der Waals surface area (Å²) in [6, 6.07) is 8.63. The van der Waals surface area contributed by atoms with Crippen LogP contribution in [0.25, 0.3) is 0 Å². The summed E-state index contributed by atoms with van der Waals surface area (Å²) >= 11 is 1.91. The molecule has 0 heterocycles. The van der Waals surface area contributed by atoms with Crippen molar-refractivity contribution in [2.45, 2.75) is 13.5 Å². The van der Waals surface area contributed by atoms with Crippen molar-refractivity contribution in [1.82, 2.24) is 5.32 Å². The molecular formula is C13H20ClNS. The van der Waals surface area contributed by atoms with Crippen molar-refractivity contribution < 1.29 is 0 Å². The number of hydrogen-bond acceptors (Lipinski definition) is 2. The van der Waals surface area contributed by atoms with Crippen LogP contribution < -0.4 is 5.32 Å². The molecule has 0 amide bonds. The van der Waals surface area contributed by atoms with Crippen molar-refractivity contribution in [1.29, 1.82) is 0 Å². The maximum absolute atomic E-state index is 3.69. The minimum absolute atomic E-state index is 0. The van der Waals surface area contributed by atoms with Gasteiger partial charge in [-0.2, -0.15) is 11.8 Å². The molecule has 0 bridgehead atoms. The van der Waals surface area contributed by atoms with Gasteiger partial charge in [0.15, 0.2) is 0 Å². The summed E-state index contributed by atoms with van der Waals surface area (Å²) in [6.07, 6.45) is 1.95. The number of nitrogens with one attached hydrogen (secondary N) is 1. The van der Waals surface area contributed by atoms with Crippen LogP contribution in [-0.4, -0.2) is 18.1 Å². The first kappa shape index (κ1) is 15.6. The van der Waals surface area contributed by atoms with Crippen LogP contribution in [0.15, 0.2) is 36.9 Å². The van der Waals surface area contributed by atoms with Crippen LogP contribution in [0.5, 0.6) is 0 Å². The second-order valence-corrected chi connectivity index (χ2v) is 4.68. The smallest absolute Gasteiger partial charge is 0.0205 e. The molecule has 0 aliphatic rings. The Morgan fingerprint density at radius 1 is 1.44 bits per heavy atom. The van der Waals surface area contributed by atoms with E-state index in [1.54, 1.807) is 0 Å². The van der Waals surface area contributed by atoms with Crippen LogP contribution >= 0.6 is 24.2 Å². The first-order valence-corrected chi connectivity index (χ1v) is 6.43. The molecule has 16 heavy (non-hydrogen) atoms. The minimum atomic E-state index is 0. The van der Waals surface area contributed by atoms with Gasteiger partial charge in [0.1, 0.15) is 0 Å². The van der Waals surface area contributed by atoms with E-state index in [0.29, 0.717) is 0 Å². The second kappa shape index (κ2) is 9.76. The molecule has 1 aromatic carbocycles. The number of thioether (sulfide) groups is 1. The molecule has 1 N–H and O–H groups in total. The lowest BCUT2D eigenvalue weighted by atomic mass is 10.1. The summed E-state index contributed by atoms with van der Waals surface area (Å²) in [7, 11) is 0. The number of benzene rings is 1. The summed E-state index contributed by atoms with van der Waals surface area (Å²) < 4.78 is 0. The molecule has 1 aromatic rings. The van der Waals surface area contributed by atoms with Crippen LogP contribution in [-0.2, 0) is 6.54 Å². The third-order valence-electron chi connectivity index (χ3n) is 2.07. The molecule has 0 aliphatic heterocycles. The van der Waals surface area contributed by atoms with Gasteiger partial charge in [0, 0.05) is 24.6 Å². The van der Waals surface area contributed by atoms with Gasteiger partial charge in [0.05, 0.1) is 0 Å². The van der Waals surface area contributed by atoms with Gasteiger partial charge >= 0.3 is 0 Å². The lowest BCUT2D eigenvalue weighted by Crippen LogP contribution is -2.16. The maximum Gasteiger partial charge on any atom is 0.0205 e. The summed E-state index contributed by atoms with van der Waals surface area (Å²) in [5.41, 5.74) is 2.69. The molecule has 0 saturated heterocycles. The Kier molecular flexibility index (Phi) is 9.49. The van der Waals surface area contributed by atoms with Crippen LogP contribution in [0, 0.1) is 6.92 Å². The highest BCUT2D eigenvalue weighted by Crippen LogP contribution is 2.03. The molecule has 0 unspecified atom stereocenters. The van der Waals surface area contributed by atoms with E-state index in [2.05, 4.69) is 43.1 Å². The SMILES string of the molecule is C=CCSCCNCc1cccc(C)c1.Cl. The van der Waals surface area contributed by atoms with E-state index in [-0.39, 0.29) is 12.4 Å². The molecule has 0 aliphatic carbocycles. The molecule has 0 atom stereocenters. The van der Waals surface area contributed by atoms with E-state index in [4.69, 9.17) is 0 Å². The lowest BCUT2D eigenvalue weighted by Gasteiger charge is -2.04. The van der Waals surface area contributed by atoms with Crippen LogP contribution in [0.3, 0.4) is 0 Å². The third-order valence-corrected chi connectivity index (χ3v) is 3.03. The number of rotatable bonds is 7. The Morgan fingerprint density at radius 3 is 2.94 bits per heavy atom. The molecule has 0 fully saturated rings. The Hall–Kier alpha value is -0.440. The molecule has 1 nitrogen and oxygen atoms in total. The van der Waals surface area contributed by atoms with Crippen molar-refractivity contribution in [2.75, 3.05) is 18.1 Å². The topological polar surface area (TPSA) is 12.0 Å². The Labute approximate surface area is 109 Å². The zero-order valence-electron chi connectivity index (χ0n) is 9.74. The Bertz CT molecular complexity index is 302. The zero-order chi connectivity index (χ0) is 10.9. The molecule has 0 aromatic heterocycles. The fourth-order valence-corrected chi connectivity index (χ4v) is 1.99. The number of hydrogen-bond donors (Lipinski definition) is 1. The fraction of sp³-hybridized carbons (Fsp3) is 0.385. The summed E-state index contributed by atoms with van der Waals surface area (Å²) in [4.78, 5) is 0. The Balaban J connectivity index is 0.00000225. The van der Waals surface area contributed by atoms with Gasteiger partial charge in [-0.05, 0) is 12.5 Å². The average Bonchev–Trinajstić information content (AvgIpc) is 2.23. The zero-order valence-corrected chi connectivity index (χ0v) is 11.4. The first-order valence-electron chi connectivity index (χ1n) is 5.28. The number of halogens is 1. The molecule has 90 valence electrons. The quantitative estimate of drug-likeness (QED) is 0.593. The average molecular weight is 258 g/mol. The minimum Gasteiger partial charge on any atom is -0.312 e. The van der Waals surface area contributed by atoms with Crippen molar-refractivity contribution >= 4 is 24.2 Å². The van der Waals surface area contributed by atoms with Gasteiger partial charge in [0.25, 0.3) is 0 Å². The number of aryl methyl sites for hydroxylation is 1. The van der Waals surface area contributed by atoms with Gasteiger partial charge in [-0.25, -0.2) is 0 Å². The van der Waals surface area contributed by atoms with Crippen molar-refractivity contribution in [3.63, 3.8) is 0 Å². The molecule has 3 heteroatoms. The van der Waals surface area contributed by atoms with Gasteiger partial charge in [-0.1, -0.05) is 35.9 Å². The van der Waals surface area contributed by atoms with Crippen LogP contribution in [0.1, 0.15) is 11.1 Å². The highest BCUT2D eigenvalue weighted by Gasteiger charge is 1.92. The van der Waals surface area contributed by atoms with Gasteiger partial charge in [0.2, 0.25) is 0 Å². The monoisotopic (exact) mass is 257 g/mol. The summed E-state index contributed by atoms with van der Waals surface area (Å²) in [6.45, 7) is 7.85. The van der Waals surface area contributed by atoms with Gasteiger partial charge in [-0.15, -0.1) is 19.0 Å². The van der Waals surface area contributed by atoms with Crippen molar-refractivity contribution in [2.24, 2.45) is 0 Å². The predicted octanol–water partition coefficient (Wildman–Crippen LogP) is 3.43. The first-order chi connectivity index (χ1) is 7.33. The van der Waals surface area contributed by atoms with E-state index in [1.807, 2.05) is 17.8 Å². The highest BCUT2D eigenvalue weighted by molar-refractivity contribution is 7.99. The summed E-state index contributed by atoms with van der Waals surface area (Å²) in [5, 5.41) is 3.43. The van der Waals surface area contributed by atoms with Crippen molar-refractivity contribution in [3.8, 4) is 0 Å². The van der Waals surface area contributed by atoms with E-state index >= 15 is 0 Å². The van der Waals surface area contributed by atoms with E-state index in [1.165, 1.54) is 11.1 Å². The Morgan fingerprint density at radius 2 is 2.25 bits per heavy atom. The lowest BCUT2D eigenvalue weighted by molar-refractivity contribution is 0.732. The van der Waals surface area contributed by atoms with E-state index < -0.39 is 0 Å². The predicted molar refractivity (Wildman–Crippen MR) is 77.7 cm³/mol. The standard InChI is InChI=1S/C13H19NS.ClH/c1-3-8-15-9-7-14-11-13-6-4-5-12(2)10-13;/h3-6,10,14H,1,7-9,11H2,2H3;1H. The van der Waals surface area contributed by atoms with E-state index in [9.17, 15) is 0 Å². The highest BCUT2D eigenvalue weighted by atomic mass is 35.5. The second-order valence-electron chi connectivity index (χ2n) is 3.53. The molecule has 0 saturated carbocycles. The summed E-state index contributed by atoms with van der Waals surface area (Å²) in [5.74, 6) is 2.20.